The van der Waals surface area contributed by atoms with Crippen molar-refractivity contribution < 1.29 is 23.8 Å². The summed E-state index contributed by atoms with van der Waals surface area (Å²) in [6, 6.07) is 16.3. The quantitative estimate of drug-likeness (QED) is 0.430. The van der Waals surface area contributed by atoms with E-state index in [-0.39, 0.29) is 11.8 Å². The lowest BCUT2D eigenvalue weighted by Crippen LogP contribution is -2.46. The van der Waals surface area contributed by atoms with Gasteiger partial charge in [-0.25, -0.2) is 0 Å². The molecule has 0 aliphatic carbocycles. The van der Waals surface area contributed by atoms with Crippen LogP contribution in [0.4, 0.5) is 5.69 Å². The van der Waals surface area contributed by atoms with Crippen LogP contribution in [0.2, 0.25) is 0 Å². The third-order valence-corrected chi connectivity index (χ3v) is 6.99. The predicted molar refractivity (Wildman–Crippen MR) is 144 cm³/mol. The number of amides is 2. The van der Waals surface area contributed by atoms with E-state index in [0.29, 0.717) is 40.6 Å². The molecule has 1 aliphatic rings. The molecule has 7 nitrogen and oxygen atoms in total. The first kappa shape index (κ1) is 26.1. The monoisotopic (exact) mass is 502 g/mol. The van der Waals surface area contributed by atoms with Crippen molar-refractivity contribution in [2.24, 2.45) is 0 Å². The van der Waals surface area contributed by atoms with Crippen LogP contribution < -0.4 is 19.5 Å². The molecule has 1 heterocycles. The van der Waals surface area contributed by atoms with Crippen LogP contribution in [0.25, 0.3) is 0 Å². The number of hydrogen-bond donors (Lipinski definition) is 1. The van der Waals surface area contributed by atoms with E-state index in [1.54, 1.807) is 32.3 Å². The van der Waals surface area contributed by atoms with Crippen molar-refractivity contribution in [1.82, 2.24) is 4.90 Å². The summed E-state index contributed by atoms with van der Waals surface area (Å²) in [5.41, 5.74) is 4.92. The fourth-order valence-corrected chi connectivity index (χ4v) is 5.04. The summed E-state index contributed by atoms with van der Waals surface area (Å²) < 4.78 is 16.7. The van der Waals surface area contributed by atoms with Gasteiger partial charge in [-0.15, -0.1) is 0 Å². The number of fused-ring (bicyclic) bond motifs is 1. The Bertz CT molecular complexity index is 1290. The van der Waals surface area contributed by atoms with Crippen LogP contribution in [0.1, 0.15) is 57.9 Å². The largest absolute Gasteiger partial charge is 0.493 e. The summed E-state index contributed by atoms with van der Waals surface area (Å²) in [5.74, 6) is 0.426. The van der Waals surface area contributed by atoms with Crippen LogP contribution >= 0.6 is 0 Å². The molecule has 37 heavy (non-hydrogen) atoms. The second kappa shape index (κ2) is 10.9. The van der Waals surface area contributed by atoms with Crippen molar-refractivity contribution in [3.8, 4) is 17.2 Å². The molecule has 4 rings (SSSR count). The molecule has 1 aliphatic heterocycles. The number of aryl methyl sites for hydroxylation is 2. The van der Waals surface area contributed by atoms with Crippen molar-refractivity contribution in [3.63, 3.8) is 0 Å². The van der Waals surface area contributed by atoms with Gasteiger partial charge in [0.25, 0.3) is 5.91 Å². The Hall–Kier alpha value is -4.00. The average molecular weight is 503 g/mol. The van der Waals surface area contributed by atoms with Gasteiger partial charge < -0.3 is 24.4 Å². The van der Waals surface area contributed by atoms with Crippen molar-refractivity contribution in [1.29, 1.82) is 0 Å². The first-order valence-corrected chi connectivity index (χ1v) is 12.4. The van der Waals surface area contributed by atoms with Gasteiger partial charge in [0.1, 0.15) is 0 Å². The van der Waals surface area contributed by atoms with Crippen molar-refractivity contribution in [3.05, 3.63) is 82.4 Å². The zero-order chi connectivity index (χ0) is 26.7. The summed E-state index contributed by atoms with van der Waals surface area (Å²) in [6.45, 7) is 6.56. The number of nitrogens with one attached hydrogen (secondary N) is 1. The number of methoxy groups -OCH3 is 3. The standard InChI is InChI=1S/C30H34N2O5/c1-7-14-32-27(20-16-24(35-4)28(37-6)25(17-20)36-5)26(22-10-8-9-11-23(22)30(32)34)29(33)31-21-13-12-18(2)19(3)15-21/h8-13,15-17,26-27H,7,14H2,1-6H3,(H,31,33)/t26-,27-/m1/s1. The highest BCUT2D eigenvalue weighted by molar-refractivity contribution is 6.04. The van der Waals surface area contributed by atoms with Gasteiger partial charge in [-0.05, 0) is 72.9 Å². The van der Waals surface area contributed by atoms with Gasteiger partial charge in [0.15, 0.2) is 11.5 Å². The summed E-state index contributed by atoms with van der Waals surface area (Å²) in [7, 11) is 4.65. The maximum Gasteiger partial charge on any atom is 0.254 e. The zero-order valence-corrected chi connectivity index (χ0v) is 22.3. The number of carbonyl (C=O) groups is 2. The number of benzene rings is 3. The van der Waals surface area contributed by atoms with Crippen LogP contribution in [0, 0.1) is 13.8 Å². The van der Waals surface area contributed by atoms with Crippen LogP contribution in [0.5, 0.6) is 17.2 Å². The molecule has 0 radical (unpaired) electrons. The van der Waals surface area contributed by atoms with Crippen LogP contribution in [0.15, 0.2) is 54.6 Å². The van der Waals surface area contributed by atoms with E-state index >= 15 is 0 Å². The number of hydrogen-bond acceptors (Lipinski definition) is 5. The fraction of sp³-hybridized carbons (Fsp3) is 0.333. The minimum atomic E-state index is -0.662. The molecule has 1 N–H and O–H groups in total. The van der Waals surface area contributed by atoms with E-state index in [4.69, 9.17) is 14.2 Å². The number of nitrogens with zero attached hydrogens (tertiary/aromatic N) is 1. The second-order valence-corrected chi connectivity index (χ2v) is 9.26. The summed E-state index contributed by atoms with van der Waals surface area (Å²) in [4.78, 5) is 29.6. The maximum atomic E-state index is 14.1. The Morgan fingerprint density at radius 2 is 1.59 bits per heavy atom. The smallest absolute Gasteiger partial charge is 0.254 e. The maximum absolute atomic E-state index is 14.1. The molecular weight excluding hydrogens is 468 g/mol. The van der Waals surface area contributed by atoms with Crippen LogP contribution in [-0.4, -0.2) is 44.6 Å². The lowest BCUT2D eigenvalue weighted by atomic mass is 9.78. The molecule has 3 aromatic rings. The van der Waals surface area contributed by atoms with E-state index in [9.17, 15) is 9.59 Å². The van der Waals surface area contributed by atoms with E-state index in [1.807, 2.05) is 69.3 Å². The van der Waals surface area contributed by atoms with Crippen LogP contribution in [0.3, 0.4) is 0 Å². The summed E-state index contributed by atoms with van der Waals surface area (Å²) in [6.07, 6.45) is 0.736. The minimum Gasteiger partial charge on any atom is -0.493 e. The molecule has 0 unspecified atom stereocenters. The second-order valence-electron chi connectivity index (χ2n) is 9.26. The Kier molecular flexibility index (Phi) is 7.71. The molecule has 0 saturated carbocycles. The third-order valence-electron chi connectivity index (χ3n) is 6.99. The Morgan fingerprint density at radius 3 is 2.19 bits per heavy atom. The average Bonchev–Trinajstić information content (AvgIpc) is 2.91. The molecule has 0 spiro atoms. The molecule has 7 heteroatoms. The molecule has 194 valence electrons. The van der Waals surface area contributed by atoms with Crippen LogP contribution in [-0.2, 0) is 4.79 Å². The van der Waals surface area contributed by atoms with E-state index < -0.39 is 12.0 Å². The Labute approximate surface area is 218 Å². The zero-order valence-electron chi connectivity index (χ0n) is 22.3. The highest BCUT2D eigenvalue weighted by atomic mass is 16.5. The van der Waals surface area contributed by atoms with Gasteiger partial charge in [0.05, 0.1) is 33.3 Å². The summed E-state index contributed by atoms with van der Waals surface area (Å²) in [5, 5.41) is 3.11. The Balaban J connectivity index is 1.91. The molecule has 0 aromatic heterocycles. The van der Waals surface area contributed by atoms with Crippen molar-refractivity contribution in [2.75, 3.05) is 33.2 Å². The van der Waals surface area contributed by atoms with Gasteiger partial charge in [-0.3, -0.25) is 9.59 Å². The van der Waals surface area contributed by atoms with E-state index in [0.717, 1.165) is 23.1 Å². The molecule has 3 aromatic carbocycles. The molecule has 2 amide bonds. The summed E-state index contributed by atoms with van der Waals surface area (Å²) >= 11 is 0. The third kappa shape index (κ3) is 4.86. The normalized spacial score (nSPS) is 16.7. The van der Waals surface area contributed by atoms with E-state index in [2.05, 4.69) is 5.32 Å². The lowest BCUT2D eigenvalue weighted by molar-refractivity contribution is -0.119. The number of rotatable bonds is 8. The predicted octanol–water partition coefficient (Wildman–Crippen LogP) is 5.66. The number of ether oxygens (including phenoxy) is 3. The molecule has 2 atom stereocenters. The molecule has 0 bridgehead atoms. The van der Waals surface area contributed by atoms with Crippen molar-refractivity contribution in [2.45, 2.75) is 39.2 Å². The molecule has 0 fully saturated rings. The van der Waals surface area contributed by atoms with Gasteiger partial charge >= 0.3 is 0 Å². The number of carbonyl (C=O) groups excluding carboxylic acids is 2. The highest BCUT2D eigenvalue weighted by Gasteiger charge is 2.44. The number of anilines is 1. The topological polar surface area (TPSA) is 77.1 Å². The minimum absolute atomic E-state index is 0.105. The van der Waals surface area contributed by atoms with E-state index in [1.165, 1.54) is 0 Å². The van der Waals surface area contributed by atoms with Crippen molar-refractivity contribution >= 4 is 17.5 Å². The van der Waals surface area contributed by atoms with Gasteiger partial charge in [0, 0.05) is 17.8 Å². The first-order valence-electron chi connectivity index (χ1n) is 12.4. The highest BCUT2D eigenvalue weighted by Crippen LogP contribution is 2.47. The molecular formula is C30H34N2O5. The van der Waals surface area contributed by atoms with Gasteiger partial charge in [-0.2, -0.15) is 0 Å². The molecule has 0 saturated heterocycles. The SMILES string of the molecule is CCCN1C(=O)c2ccccc2[C@@H](C(=O)Nc2ccc(C)c(C)c2)[C@H]1c1cc(OC)c(OC)c(OC)c1. The lowest BCUT2D eigenvalue weighted by Gasteiger charge is -2.42. The van der Waals surface area contributed by atoms with Gasteiger partial charge in [0.2, 0.25) is 11.7 Å². The Morgan fingerprint density at radius 1 is 0.919 bits per heavy atom. The van der Waals surface area contributed by atoms with Gasteiger partial charge in [-0.1, -0.05) is 31.2 Å². The first-order chi connectivity index (χ1) is 17.8. The fourth-order valence-electron chi connectivity index (χ4n) is 5.04.